The fourth-order valence-electron chi connectivity index (χ4n) is 1.87. The number of nitrogens with one attached hydrogen (secondary N) is 1. The molecule has 0 radical (unpaired) electrons. The van der Waals surface area contributed by atoms with Crippen molar-refractivity contribution in [1.29, 1.82) is 0 Å². The molecule has 1 aliphatic rings. The SMILES string of the molecule is COC(=O)c1ccc(N2CCNC(Cl)C2)cc1. The fourth-order valence-corrected chi connectivity index (χ4v) is 2.14. The van der Waals surface area contributed by atoms with E-state index in [0.717, 1.165) is 25.3 Å². The Morgan fingerprint density at radius 1 is 1.47 bits per heavy atom. The van der Waals surface area contributed by atoms with Crippen LogP contribution in [-0.4, -0.2) is 38.2 Å². The maximum absolute atomic E-state index is 11.3. The first-order valence-corrected chi connectivity index (χ1v) is 5.95. The number of hydrogen-bond donors (Lipinski definition) is 1. The summed E-state index contributed by atoms with van der Waals surface area (Å²) in [6.07, 6.45) is 0. The lowest BCUT2D eigenvalue weighted by atomic mass is 10.2. The molecular weight excluding hydrogens is 240 g/mol. The smallest absolute Gasteiger partial charge is 0.337 e. The highest BCUT2D eigenvalue weighted by Crippen LogP contribution is 2.18. The van der Waals surface area contributed by atoms with Gasteiger partial charge in [0.25, 0.3) is 0 Å². The van der Waals surface area contributed by atoms with Gasteiger partial charge >= 0.3 is 5.97 Å². The highest BCUT2D eigenvalue weighted by molar-refractivity contribution is 6.20. The van der Waals surface area contributed by atoms with Crippen LogP contribution >= 0.6 is 11.6 Å². The molecule has 1 N–H and O–H groups in total. The largest absolute Gasteiger partial charge is 0.465 e. The van der Waals surface area contributed by atoms with E-state index in [9.17, 15) is 4.79 Å². The van der Waals surface area contributed by atoms with Crippen LogP contribution in [0.25, 0.3) is 0 Å². The lowest BCUT2D eigenvalue weighted by molar-refractivity contribution is 0.0601. The number of methoxy groups -OCH3 is 1. The molecule has 0 saturated carbocycles. The van der Waals surface area contributed by atoms with Crippen molar-refractivity contribution in [2.45, 2.75) is 5.50 Å². The standard InChI is InChI=1S/C12H15ClN2O2/c1-17-12(16)9-2-4-10(5-3-9)15-7-6-14-11(13)8-15/h2-5,11,14H,6-8H2,1H3. The van der Waals surface area contributed by atoms with E-state index in [1.807, 2.05) is 12.1 Å². The van der Waals surface area contributed by atoms with Gasteiger partial charge in [-0.25, -0.2) is 4.79 Å². The molecule has 2 rings (SSSR count). The monoisotopic (exact) mass is 254 g/mol. The maximum atomic E-state index is 11.3. The number of rotatable bonds is 2. The van der Waals surface area contributed by atoms with Crippen LogP contribution in [0, 0.1) is 0 Å². The topological polar surface area (TPSA) is 41.6 Å². The predicted octanol–water partition coefficient (Wildman–Crippen LogP) is 1.45. The average molecular weight is 255 g/mol. The number of esters is 1. The molecule has 4 nitrogen and oxygen atoms in total. The molecule has 92 valence electrons. The number of benzene rings is 1. The van der Waals surface area contributed by atoms with Crippen molar-refractivity contribution in [3.63, 3.8) is 0 Å². The molecule has 1 heterocycles. The van der Waals surface area contributed by atoms with Crippen molar-refractivity contribution in [3.05, 3.63) is 29.8 Å². The van der Waals surface area contributed by atoms with Crippen LogP contribution in [0.15, 0.2) is 24.3 Å². The summed E-state index contributed by atoms with van der Waals surface area (Å²) >= 11 is 6.04. The Balaban J connectivity index is 2.09. The third kappa shape index (κ3) is 2.90. The first-order valence-electron chi connectivity index (χ1n) is 5.51. The zero-order valence-electron chi connectivity index (χ0n) is 9.65. The van der Waals surface area contributed by atoms with E-state index in [2.05, 4.69) is 15.0 Å². The van der Waals surface area contributed by atoms with Crippen molar-refractivity contribution in [2.75, 3.05) is 31.6 Å². The third-order valence-electron chi connectivity index (χ3n) is 2.78. The molecule has 1 unspecified atom stereocenters. The van der Waals surface area contributed by atoms with E-state index in [1.54, 1.807) is 12.1 Å². The Morgan fingerprint density at radius 2 is 2.18 bits per heavy atom. The van der Waals surface area contributed by atoms with Gasteiger partial charge in [0, 0.05) is 25.3 Å². The van der Waals surface area contributed by atoms with Crippen LogP contribution in [0.3, 0.4) is 0 Å². The Kier molecular flexibility index (Phi) is 3.86. The number of ether oxygens (including phenoxy) is 1. The van der Waals surface area contributed by atoms with Gasteiger partial charge in [-0.15, -0.1) is 11.6 Å². The minimum absolute atomic E-state index is 0.0240. The Bertz CT molecular complexity index is 394. The number of carbonyl (C=O) groups excluding carboxylic acids is 1. The fraction of sp³-hybridized carbons (Fsp3) is 0.417. The summed E-state index contributed by atoms with van der Waals surface area (Å²) in [6, 6.07) is 7.38. The molecule has 1 saturated heterocycles. The van der Waals surface area contributed by atoms with Gasteiger partial charge in [0.15, 0.2) is 0 Å². The molecule has 0 aromatic heterocycles. The van der Waals surface area contributed by atoms with Gasteiger partial charge < -0.3 is 9.64 Å². The van der Waals surface area contributed by atoms with E-state index >= 15 is 0 Å². The first kappa shape index (κ1) is 12.2. The van der Waals surface area contributed by atoms with Gasteiger partial charge in [0.1, 0.15) is 5.50 Å². The van der Waals surface area contributed by atoms with Crippen molar-refractivity contribution in [1.82, 2.24) is 5.32 Å². The molecular formula is C12H15ClN2O2. The Labute approximate surface area is 106 Å². The number of alkyl halides is 1. The number of anilines is 1. The second-order valence-electron chi connectivity index (χ2n) is 3.91. The van der Waals surface area contributed by atoms with E-state index < -0.39 is 0 Å². The summed E-state index contributed by atoms with van der Waals surface area (Å²) in [5.41, 5.74) is 1.61. The zero-order valence-corrected chi connectivity index (χ0v) is 10.4. The average Bonchev–Trinajstić information content (AvgIpc) is 2.38. The third-order valence-corrected chi connectivity index (χ3v) is 3.07. The summed E-state index contributed by atoms with van der Waals surface area (Å²) in [7, 11) is 1.38. The molecule has 0 amide bonds. The van der Waals surface area contributed by atoms with E-state index in [1.165, 1.54) is 7.11 Å². The van der Waals surface area contributed by atoms with Gasteiger partial charge in [-0.1, -0.05) is 0 Å². The molecule has 1 aromatic rings. The van der Waals surface area contributed by atoms with Gasteiger partial charge in [-0.2, -0.15) is 0 Å². The molecule has 1 atom stereocenters. The number of halogens is 1. The lowest BCUT2D eigenvalue weighted by Crippen LogP contribution is -2.48. The van der Waals surface area contributed by atoms with Crippen molar-refractivity contribution >= 4 is 23.3 Å². The molecule has 1 aliphatic heterocycles. The zero-order chi connectivity index (χ0) is 12.3. The molecule has 0 bridgehead atoms. The molecule has 17 heavy (non-hydrogen) atoms. The number of hydrogen-bond acceptors (Lipinski definition) is 4. The predicted molar refractivity (Wildman–Crippen MR) is 67.6 cm³/mol. The molecule has 1 fully saturated rings. The number of carbonyl (C=O) groups is 1. The Hall–Kier alpha value is -1.26. The Morgan fingerprint density at radius 3 is 2.76 bits per heavy atom. The molecule has 5 heteroatoms. The minimum Gasteiger partial charge on any atom is -0.465 e. The highest BCUT2D eigenvalue weighted by atomic mass is 35.5. The van der Waals surface area contributed by atoms with E-state index in [-0.39, 0.29) is 11.5 Å². The quantitative estimate of drug-likeness (QED) is 0.493. The van der Waals surface area contributed by atoms with Gasteiger partial charge in [0.05, 0.1) is 12.7 Å². The first-order chi connectivity index (χ1) is 8.20. The molecule has 1 aromatic carbocycles. The second-order valence-corrected chi connectivity index (χ2v) is 4.43. The number of nitrogens with zero attached hydrogens (tertiary/aromatic N) is 1. The highest BCUT2D eigenvalue weighted by Gasteiger charge is 2.17. The maximum Gasteiger partial charge on any atom is 0.337 e. The summed E-state index contributed by atoms with van der Waals surface area (Å²) in [5.74, 6) is -0.313. The second kappa shape index (κ2) is 5.38. The summed E-state index contributed by atoms with van der Waals surface area (Å²) in [6.45, 7) is 2.55. The van der Waals surface area contributed by atoms with Gasteiger partial charge in [-0.05, 0) is 24.3 Å². The van der Waals surface area contributed by atoms with Crippen LogP contribution in [0.5, 0.6) is 0 Å². The van der Waals surface area contributed by atoms with Crippen LogP contribution < -0.4 is 10.2 Å². The van der Waals surface area contributed by atoms with Gasteiger partial charge in [-0.3, -0.25) is 5.32 Å². The molecule has 0 aliphatic carbocycles. The van der Waals surface area contributed by atoms with Crippen molar-refractivity contribution < 1.29 is 9.53 Å². The number of piperazine rings is 1. The lowest BCUT2D eigenvalue weighted by Gasteiger charge is -2.32. The van der Waals surface area contributed by atoms with Crippen LogP contribution in [0.2, 0.25) is 0 Å². The van der Waals surface area contributed by atoms with Crippen LogP contribution in [-0.2, 0) is 4.74 Å². The van der Waals surface area contributed by atoms with Crippen molar-refractivity contribution in [3.8, 4) is 0 Å². The summed E-state index contributed by atoms with van der Waals surface area (Å²) < 4.78 is 4.66. The van der Waals surface area contributed by atoms with E-state index in [4.69, 9.17) is 11.6 Å². The van der Waals surface area contributed by atoms with Crippen LogP contribution in [0.1, 0.15) is 10.4 Å². The van der Waals surface area contributed by atoms with E-state index in [0.29, 0.717) is 5.56 Å². The minimum atomic E-state index is -0.313. The normalized spacial score (nSPS) is 20.1. The summed E-state index contributed by atoms with van der Waals surface area (Å²) in [4.78, 5) is 13.5. The summed E-state index contributed by atoms with van der Waals surface area (Å²) in [5, 5.41) is 3.17. The van der Waals surface area contributed by atoms with Crippen molar-refractivity contribution in [2.24, 2.45) is 0 Å². The van der Waals surface area contributed by atoms with Gasteiger partial charge in [0.2, 0.25) is 0 Å². The van der Waals surface area contributed by atoms with Crippen LogP contribution in [0.4, 0.5) is 5.69 Å². The molecule has 0 spiro atoms.